The molecule has 1 aromatic heterocycles. The van der Waals surface area contributed by atoms with Gasteiger partial charge in [-0.2, -0.15) is 0 Å². The van der Waals surface area contributed by atoms with E-state index in [-0.39, 0.29) is 23.9 Å². The van der Waals surface area contributed by atoms with E-state index in [2.05, 4.69) is 20.3 Å². The van der Waals surface area contributed by atoms with E-state index in [1.54, 1.807) is 12.1 Å². The lowest BCUT2D eigenvalue weighted by atomic mass is 9.85. The van der Waals surface area contributed by atoms with Crippen molar-refractivity contribution in [3.8, 4) is 0 Å². The highest BCUT2D eigenvalue weighted by molar-refractivity contribution is 7.89. The van der Waals surface area contributed by atoms with Gasteiger partial charge in [0.1, 0.15) is 0 Å². The van der Waals surface area contributed by atoms with Gasteiger partial charge in [0.25, 0.3) is 0 Å². The highest BCUT2D eigenvalue weighted by atomic mass is 32.2. The lowest BCUT2D eigenvalue weighted by Gasteiger charge is -2.39. The third kappa shape index (κ3) is 4.29. The summed E-state index contributed by atoms with van der Waals surface area (Å²) in [5, 5.41) is 1.09. The number of ether oxygens (including phenoxy) is 1. The predicted octanol–water partition coefficient (Wildman–Crippen LogP) is 3.53. The number of nitrogens with one attached hydrogen (secondary N) is 1. The van der Waals surface area contributed by atoms with Crippen molar-refractivity contribution in [2.45, 2.75) is 74.3 Å². The van der Waals surface area contributed by atoms with Crippen LogP contribution < -0.4 is 4.72 Å². The van der Waals surface area contributed by atoms with E-state index in [4.69, 9.17) is 4.74 Å². The summed E-state index contributed by atoms with van der Waals surface area (Å²) < 4.78 is 37.1. The van der Waals surface area contributed by atoms with E-state index in [0.29, 0.717) is 49.3 Å². The number of carbonyl (C=O) groups is 1. The van der Waals surface area contributed by atoms with Crippen molar-refractivity contribution in [3.05, 3.63) is 30.0 Å². The number of benzene rings is 1. The Labute approximate surface area is 201 Å². The number of aromatic nitrogens is 1. The summed E-state index contributed by atoms with van der Waals surface area (Å²) >= 11 is 0. The van der Waals surface area contributed by atoms with E-state index < -0.39 is 10.0 Å². The SMILES string of the molecule is Cn1c(C2CC2)cc2ccc(S(=O)(=O)NC3CCC(C(=O)N4CCOCC4C4CC4)CC3)cc21. The molecule has 7 nitrogen and oxygen atoms in total. The molecule has 2 heterocycles. The largest absolute Gasteiger partial charge is 0.377 e. The molecule has 6 rings (SSSR count). The number of nitrogens with zero attached hydrogens (tertiary/aromatic N) is 2. The topological polar surface area (TPSA) is 80.6 Å². The number of aryl methyl sites for hydroxylation is 1. The first-order chi connectivity index (χ1) is 16.4. The second-order valence-corrected chi connectivity index (χ2v) is 12.5. The van der Waals surface area contributed by atoms with E-state index in [0.717, 1.165) is 23.7 Å². The van der Waals surface area contributed by atoms with Crippen LogP contribution in [0.25, 0.3) is 10.9 Å². The maximum atomic E-state index is 13.2. The molecule has 1 aliphatic heterocycles. The average Bonchev–Trinajstić information content (AvgIpc) is 3.77. The van der Waals surface area contributed by atoms with Crippen LogP contribution in [-0.2, 0) is 26.6 Å². The van der Waals surface area contributed by atoms with Gasteiger partial charge in [0, 0.05) is 36.8 Å². The van der Waals surface area contributed by atoms with Gasteiger partial charge < -0.3 is 14.2 Å². The van der Waals surface area contributed by atoms with Crippen molar-refractivity contribution < 1.29 is 17.9 Å². The molecule has 0 radical (unpaired) electrons. The molecule has 4 fully saturated rings. The molecule has 34 heavy (non-hydrogen) atoms. The number of amides is 1. The van der Waals surface area contributed by atoms with Gasteiger partial charge in [-0.3, -0.25) is 4.79 Å². The highest BCUT2D eigenvalue weighted by Gasteiger charge is 2.41. The third-order valence-electron chi connectivity index (χ3n) is 8.37. The maximum absolute atomic E-state index is 13.2. The van der Waals surface area contributed by atoms with Crippen molar-refractivity contribution in [2.75, 3.05) is 19.8 Å². The van der Waals surface area contributed by atoms with E-state index in [9.17, 15) is 13.2 Å². The minimum Gasteiger partial charge on any atom is -0.377 e. The molecule has 1 aromatic carbocycles. The summed E-state index contributed by atoms with van der Waals surface area (Å²) in [6.07, 6.45) is 7.71. The second-order valence-electron chi connectivity index (χ2n) is 10.8. The fourth-order valence-corrected chi connectivity index (χ4v) is 7.34. The number of rotatable bonds is 6. The van der Waals surface area contributed by atoms with Crippen molar-refractivity contribution in [3.63, 3.8) is 0 Å². The van der Waals surface area contributed by atoms with Crippen LogP contribution in [0.2, 0.25) is 0 Å². The first-order valence-electron chi connectivity index (χ1n) is 12.9. The molecule has 3 aliphatic carbocycles. The zero-order valence-electron chi connectivity index (χ0n) is 19.9. The number of sulfonamides is 1. The third-order valence-corrected chi connectivity index (χ3v) is 9.89. The van der Waals surface area contributed by atoms with Gasteiger partial charge in [0.15, 0.2) is 0 Å². The van der Waals surface area contributed by atoms with E-state index >= 15 is 0 Å². The Morgan fingerprint density at radius 3 is 2.50 bits per heavy atom. The minimum absolute atomic E-state index is 0.000618. The van der Waals surface area contributed by atoms with Crippen LogP contribution in [0, 0.1) is 11.8 Å². The van der Waals surface area contributed by atoms with Gasteiger partial charge in [0.2, 0.25) is 15.9 Å². The highest BCUT2D eigenvalue weighted by Crippen LogP contribution is 2.42. The number of fused-ring (bicyclic) bond motifs is 1. The van der Waals surface area contributed by atoms with Crippen molar-refractivity contribution >= 4 is 26.8 Å². The zero-order chi connectivity index (χ0) is 23.4. The molecule has 3 saturated carbocycles. The number of carbonyl (C=O) groups excluding carboxylic acids is 1. The van der Waals surface area contributed by atoms with Gasteiger partial charge in [0.05, 0.1) is 24.2 Å². The zero-order valence-corrected chi connectivity index (χ0v) is 20.7. The summed E-state index contributed by atoms with van der Waals surface area (Å²) in [4.78, 5) is 15.6. The Bertz CT molecular complexity index is 1190. The van der Waals surface area contributed by atoms with Gasteiger partial charge in [-0.05, 0) is 86.8 Å². The number of hydrogen-bond donors (Lipinski definition) is 1. The van der Waals surface area contributed by atoms with Crippen LogP contribution in [0.5, 0.6) is 0 Å². The smallest absolute Gasteiger partial charge is 0.240 e. The van der Waals surface area contributed by atoms with Gasteiger partial charge in [-0.1, -0.05) is 6.07 Å². The normalized spacial score (nSPS) is 28.4. The molecule has 1 saturated heterocycles. The lowest BCUT2D eigenvalue weighted by Crippen LogP contribution is -2.52. The van der Waals surface area contributed by atoms with Crippen LogP contribution in [-0.4, -0.2) is 55.6 Å². The van der Waals surface area contributed by atoms with Crippen LogP contribution in [0.4, 0.5) is 0 Å². The molecule has 1 unspecified atom stereocenters. The molecule has 1 N–H and O–H groups in total. The second kappa shape index (κ2) is 8.64. The molecule has 0 spiro atoms. The summed E-state index contributed by atoms with van der Waals surface area (Å²) in [7, 11) is -1.58. The maximum Gasteiger partial charge on any atom is 0.240 e. The number of morpholine rings is 1. The summed E-state index contributed by atoms with van der Waals surface area (Å²) in [5.74, 6) is 1.47. The summed E-state index contributed by atoms with van der Waals surface area (Å²) in [5.41, 5.74) is 2.26. The fourth-order valence-electron chi connectivity index (χ4n) is 6.02. The molecule has 8 heteroatoms. The van der Waals surface area contributed by atoms with Gasteiger partial charge >= 0.3 is 0 Å². The van der Waals surface area contributed by atoms with Crippen molar-refractivity contribution in [2.24, 2.45) is 18.9 Å². The molecule has 4 aliphatic rings. The molecule has 1 amide bonds. The predicted molar refractivity (Wildman–Crippen MR) is 130 cm³/mol. The lowest BCUT2D eigenvalue weighted by molar-refractivity contribution is -0.146. The molecular formula is C26H35N3O4S. The first-order valence-corrected chi connectivity index (χ1v) is 14.4. The van der Waals surface area contributed by atoms with Crippen molar-refractivity contribution in [1.29, 1.82) is 0 Å². The molecule has 184 valence electrons. The Balaban J connectivity index is 1.10. The standard InChI is InChI=1S/C26H35N3O4S/c1-28-23(17-2-3-17)14-20-8-11-22(15-24(20)28)34(31,32)27-21-9-6-19(7-10-21)26(30)29-12-13-33-16-25(29)18-4-5-18/h8,11,14-15,17-19,21,25,27H,2-7,9-10,12-13,16H2,1H3. The minimum atomic E-state index is -3.61. The molecular weight excluding hydrogens is 450 g/mol. The number of hydrogen-bond acceptors (Lipinski definition) is 4. The summed E-state index contributed by atoms with van der Waals surface area (Å²) in [6, 6.07) is 7.75. The quantitative estimate of drug-likeness (QED) is 0.679. The monoisotopic (exact) mass is 485 g/mol. The molecule has 0 bridgehead atoms. The Morgan fingerprint density at radius 2 is 1.79 bits per heavy atom. The average molecular weight is 486 g/mol. The molecule has 1 atom stereocenters. The van der Waals surface area contributed by atoms with E-state index in [1.165, 1.54) is 31.4 Å². The Hall–Kier alpha value is -1.90. The fraction of sp³-hybridized carbons (Fsp3) is 0.654. The van der Waals surface area contributed by atoms with Gasteiger partial charge in [-0.15, -0.1) is 0 Å². The van der Waals surface area contributed by atoms with Crippen LogP contribution >= 0.6 is 0 Å². The molecule has 2 aromatic rings. The van der Waals surface area contributed by atoms with Gasteiger partial charge in [-0.25, -0.2) is 13.1 Å². The Morgan fingerprint density at radius 1 is 1.03 bits per heavy atom. The van der Waals surface area contributed by atoms with Crippen LogP contribution in [0.15, 0.2) is 29.2 Å². The summed E-state index contributed by atoms with van der Waals surface area (Å²) in [6.45, 7) is 1.98. The first kappa shape index (κ1) is 22.6. The van der Waals surface area contributed by atoms with Crippen molar-refractivity contribution in [1.82, 2.24) is 14.2 Å². The Kier molecular flexibility index (Phi) is 5.73. The van der Waals surface area contributed by atoms with E-state index in [1.807, 2.05) is 13.1 Å². The van der Waals surface area contributed by atoms with Crippen LogP contribution in [0.1, 0.15) is 63.0 Å². The van der Waals surface area contributed by atoms with Crippen LogP contribution in [0.3, 0.4) is 0 Å².